The molecular weight excluding hydrogens is 110 g/mol. The molecule has 0 fully saturated rings. The second-order valence-corrected chi connectivity index (χ2v) is 1.55. The SMILES string of the molecule is CNCCCOS. The van der Waals surface area contributed by atoms with Gasteiger partial charge in [0.2, 0.25) is 0 Å². The molecule has 0 spiro atoms. The highest BCUT2D eigenvalue weighted by Gasteiger charge is 1.79. The Morgan fingerprint density at radius 1 is 1.71 bits per heavy atom. The van der Waals surface area contributed by atoms with Crippen LogP contribution in [-0.2, 0) is 4.18 Å². The molecule has 0 atom stereocenters. The third kappa shape index (κ3) is 6.27. The molecule has 0 aliphatic heterocycles. The summed E-state index contributed by atoms with van der Waals surface area (Å²) in [5.41, 5.74) is 0. The zero-order chi connectivity index (χ0) is 5.54. The van der Waals surface area contributed by atoms with Gasteiger partial charge in [0.25, 0.3) is 0 Å². The maximum atomic E-state index is 4.50. The molecule has 0 aliphatic carbocycles. The van der Waals surface area contributed by atoms with Gasteiger partial charge in [0.15, 0.2) is 0 Å². The van der Waals surface area contributed by atoms with E-state index in [1.165, 1.54) is 0 Å². The fourth-order valence-electron chi connectivity index (χ4n) is 0.313. The maximum Gasteiger partial charge on any atom is 0.0622 e. The number of hydrogen-bond acceptors (Lipinski definition) is 3. The monoisotopic (exact) mass is 121 g/mol. The molecule has 0 bridgehead atoms. The molecule has 0 aromatic heterocycles. The summed E-state index contributed by atoms with van der Waals surface area (Å²) < 4.78 is 4.50. The highest BCUT2D eigenvalue weighted by Crippen LogP contribution is 1.80. The first-order chi connectivity index (χ1) is 3.41. The smallest absolute Gasteiger partial charge is 0.0622 e. The summed E-state index contributed by atoms with van der Waals surface area (Å²) in [6, 6.07) is 0. The fourth-order valence-corrected chi connectivity index (χ4v) is 0.443. The van der Waals surface area contributed by atoms with E-state index >= 15 is 0 Å². The average Bonchev–Trinajstić information content (AvgIpc) is 1.69. The van der Waals surface area contributed by atoms with Gasteiger partial charge in [0, 0.05) is 0 Å². The number of hydrogen-bond donors (Lipinski definition) is 2. The molecule has 3 heteroatoms. The predicted molar refractivity (Wildman–Crippen MR) is 33.5 cm³/mol. The standard InChI is InChI=1S/C4H11NOS/c1-5-3-2-4-6-7/h5,7H,2-4H2,1H3. The minimum atomic E-state index is 0.726. The summed E-state index contributed by atoms with van der Waals surface area (Å²) in [5.74, 6) is 0. The molecule has 0 heterocycles. The van der Waals surface area contributed by atoms with Crippen molar-refractivity contribution in [2.24, 2.45) is 0 Å². The minimum Gasteiger partial charge on any atom is -0.320 e. The van der Waals surface area contributed by atoms with Crippen LogP contribution >= 0.6 is 12.9 Å². The molecule has 0 aromatic carbocycles. The van der Waals surface area contributed by atoms with Gasteiger partial charge in [-0.3, -0.25) is 0 Å². The van der Waals surface area contributed by atoms with Crippen LogP contribution in [0.3, 0.4) is 0 Å². The Balaban J connectivity index is 2.45. The van der Waals surface area contributed by atoms with Crippen LogP contribution < -0.4 is 5.32 Å². The van der Waals surface area contributed by atoms with E-state index in [2.05, 4.69) is 22.4 Å². The first-order valence-electron chi connectivity index (χ1n) is 2.32. The van der Waals surface area contributed by atoms with Crippen molar-refractivity contribution in [1.82, 2.24) is 5.32 Å². The molecular formula is C4H11NOS. The van der Waals surface area contributed by atoms with Crippen LogP contribution in [-0.4, -0.2) is 20.2 Å². The van der Waals surface area contributed by atoms with Crippen LogP contribution in [0.5, 0.6) is 0 Å². The van der Waals surface area contributed by atoms with Crippen molar-refractivity contribution in [3.63, 3.8) is 0 Å². The molecule has 0 amide bonds. The summed E-state index contributed by atoms with van der Waals surface area (Å²) in [6.45, 7) is 1.73. The van der Waals surface area contributed by atoms with Crippen LogP contribution in [0.1, 0.15) is 6.42 Å². The summed E-state index contributed by atoms with van der Waals surface area (Å²) in [6.07, 6.45) is 1.03. The van der Waals surface area contributed by atoms with E-state index in [-0.39, 0.29) is 0 Å². The number of nitrogens with one attached hydrogen (secondary N) is 1. The van der Waals surface area contributed by atoms with Crippen LogP contribution in [0.2, 0.25) is 0 Å². The molecule has 44 valence electrons. The van der Waals surface area contributed by atoms with E-state index in [9.17, 15) is 0 Å². The molecule has 2 nitrogen and oxygen atoms in total. The van der Waals surface area contributed by atoms with Gasteiger partial charge in [-0.1, -0.05) is 0 Å². The average molecular weight is 121 g/mol. The topological polar surface area (TPSA) is 21.3 Å². The normalized spacial score (nSPS) is 9.43. The van der Waals surface area contributed by atoms with Crippen molar-refractivity contribution in [3.05, 3.63) is 0 Å². The van der Waals surface area contributed by atoms with Gasteiger partial charge in [-0.05, 0) is 32.9 Å². The summed E-state index contributed by atoms with van der Waals surface area (Å²) in [7, 11) is 1.92. The Morgan fingerprint density at radius 2 is 2.43 bits per heavy atom. The fraction of sp³-hybridized carbons (Fsp3) is 1.00. The van der Waals surface area contributed by atoms with Gasteiger partial charge in [-0.25, -0.2) is 0 Å². The van der Waals surface area contributed by atoms with Crippen LogP contribution in [0.4, 0.5) is 0 Å². The lowest BCUT2D eigenvalue weighted by molar-refractivity contribution is 0.369. The second kappa shape index (κ2) is 6.27. The van der Waals surface area contributed by atoms with E-state index in [0.717, 1.165) is 19.6 Å². The van der Waals surface area contributed by atoms with Crippen molar-refractivity contribution in [3.8, 4) is 0 Å². The van der Waals surface area contributed by atoms with Gasteiger partial charge < -0.3 is 9.50 Å². The largest absolute Gasteiger partial charge is 0.320 e. The Labute approximate surface area is 49.9 Å². The molecule has 0 unspecified atom stereocenters. The first kappa shape index (κ1) is 7.27. The van der Waals surface area contributed by atoms with E-state index in [0.29, 0.717) is 0 Å². The van der Waals surface area contributed by atoms with Crippen molar-refractivity contribution in [1.29, 1.82) is 0 Å². The van der Waals surface area contributed by atoms with E-state index < -0.39 is 0 Å². The van der Waals surface area contributed by atoms with Crippen LogP contribution in [0, 0.1) is 0 Å². The van der Waals surface area contributed by atoms with Crippen LogP contribution in [0.25, 0.3) is 0 Å². The Morgan fingerprint density at radius 3 is 2.86 bits per heavy atom. The van der Waals surface area contributed by atoms with Gasteiger partial charge in [0.1, 0.15) is 0 Å². The molecule has 0 aromatic rings. The Bertz CT molecular complexity index is 30.9. The first-order valence-corrected chi connectivity index (χ1v) is 2.69. The lowest BCUT2D eigenvalue weighted by Crippen LogP contribution is -2.08. The van der Waals surface area contributed by atoms with E-state index in [4.69, 9.17) is 0 Å². The lowest BCUT2D eigenvalue weighted by Gasteiger charge is -1.93. The van der Waals surface area contributed by atoms with E-state index in [1.54, 1.807) is 0 Å². The maximum absolute atomic E-state index is 4.50. The predicted octanol–water partition coefficient (Wildman–Crippen LogP) is 0.457. The van der Waals surface area contributed by atoms with E-state index in [1.807, 2.05) is 7.05 Å². The zero-order valence-electron chi connectivity index (χ0n) is 4.48. The molecule has 0 aliphatic rings. The van der Waals surface area contributed by atoms with Crippen molar-refractivity contribution in [2.45, 2.75) is 6.42 Å². The summed E-state index contributed by atoms with van der Waals surface area (Å²) >= 11 is 3.57. The zero-order valence-corrected chi connectivity index (χ0v) is 5.37. The third-order valence-electron chi connectivity index (χ3n) is 0.662. The summed E-state index contributed by atoms with van der Waals surface area (Å²) in [5, 5.41) is 2.99. The van der Waals surface area contributed by atoms with Gasteiger partial charge >= 0.3 is 0 Å². The quantitative estimate of drug-likeness (QED) is 0.320. The van der Waals surface area contributed by atoms with Crippen molar-refractivity contribution >= 4 is 12.9 Å². The minimum absolute atomic E-state index is 0.726. The molecule has 0 saturated heterocycles. The Hall–Kier alpha value is 0.270. The molecule has 0 saturated carbocycles. The lowest BCUT2D eigenvalue weighted by atomic mass is 10.5. The molecule has 1 N–H and O–H groups in total. The second-order valence-electron chi connectivity index (χ2n) is 1.29. The highest BCUT2D eigenvalue weighted by molar-refractivity contribution is 7.75. The van der Waals surface area contributed by atoms with Crippen LogP contribution in [0.15, 0.2) is 0 Å². The van der Waals surface area contributed by atoms with Crippen molar-refractivity contribution in [2.75, 3.05) is 20.2 Å². The molecule has 0 radical (unpaired) electrons. The van der Waals surface area contributed by atoms with Gasteiger partial charge in [-0.2, -0.15) is 0 Å². The van der Waals surface area contributed by atoms with Gasteiger partial charge in [0.05, 0.1) is 6.61 Å². The molecule has 0 rings (SSSR count). The molecule has 7 heavy (non-hydrogen) atoms. The number of rotatable bonds is 4. The Kier molecular flexibility index (Phi) is 6.51. The third-order valence-corrected chi connectivity index (χ3v) is 0.845. The number of thiol groups is 1. The highest BCUT2D eigenvalue weighted by atomic mass is 32.1. The van der Waals surface area contributed by atoms with Gasteiger partial charge in [-0.15, -0.1) is 0 Å². The summed E-state index contributed by atoms with van der Waals surface area (Å²) in [4.78, 5) is 0. The van der Waals surface area contributed by atoms with Crippen molar-refractivity contribution < 1.29 is 4.18 Å².